The number of nitrogens with zero attached hydrogens (tertiary/aromatic N) is 4. The predicted molar refractivity (Wildman–Crippen MR) is 130 cm³/mol. The van der Waals surface area contributed by atoms with E-state index in [0.29, 0.717) is 23.5 Å². The molecule has 1 saturated heterocycles. The van der Waals surface area contributed by atoms with Crippen molar-refractivity contribution in [3.8, 4) is 5.69 Å². The van der Waals surface area contributed by atoms with Crippen LogP contribution in [0.1, 0.15) is 65.1 Å². The van der Waals surface area contributed by atoms with Crippen LogP contribution in [0.15, 0.2) is 29.4 Å². The van der Waals surface area contributed by atoms with E-state index in [4.69, 9.17) is 0 Å². The standard InChI is InChI=1S/C25H36FN5OS/c1-17-8-7-9-22(18(17)2)27-24(32)19(3)33-25-29-28-23(16-30-14-5-4-6-15-30)31(25)21-12-10-20(26)11-13-21/h10-13,17-19,22H,4-9,14-16H2,1-3H3,(H,27,32)/t17-,18+,19+,22+/m0/s1. The monoisotopic (exact) mass is 473 g/mol. The van der Waals surface area contributed by atoms with Gasteiger partial charge >= 0.3 is 0 Å². The fourth-order valence-corrected chi connectivity index (χ4v) is 5.84. The summed E-state index contributed by atoms with van der Waals surface area (Å²) < 4.78 is 15.6. The highest BCUT2D eigenvalue weighted by atomic mass is 32.2. The Bertz CT molecular complexity index is 927. The number of aromatic nitrogens is 3. The quantitative estimate of drug-likeness (QED) is 0.585. The van der Waals surface area contributed by atoms with Crippen LogP contribution in [0.3, 0.4) is 0 Å². The minimum atomic E-state index is -0.305. The molecule has 6 nitrogen and oxygen atoms in total. The summed E-state index contributed by atoms with van der Waals surface area (Å²) in [5, 5.41) is 12.6. The highest BCUT2D eigenvalue weighted by Gasteiger charge is 2.30. The first-order valence-corrected chi connectivity index (χ1v) is 13.2. The zero-order valence-electron chi connectivity index (χ0n) is 20.0. The van der Waals surface area contributed by atoms with Crippen molar-refractivity contribution < 1.29 is 9.18 Å². The van der Waals surface area contributed by atoms with E-state index < -0.39 is 0 Å². The number of benzene rings is 1. The SMILES string of the molecule is C[C@@H]1[C@@H](C)CCC[C@H]1NC(=O)[C@@H](C)Sc1nnc(CN2CCCCC2)n1-c1ccc(F)cc1. The Morgan fingerprint density at radius 3 is 2.58 bits per heavy atom. The molecule has 1 aromatic carbocycles. The number of carbonyl (C=O) groups is 1. The summed E-state index contributed by atoms with van der Waals surface area (Å²) in [6.45, 7) is 9.24. The van der Waals surface area contributed by atoms with Gasteiger partial charge in [0.1, 0.15) is 5.82 Å². The minimum absolute atomic E-state index is 0.0391. The Balaban J connectivity index is 1.51. The Morgan fingerprint density at radius 2 is 1.85 bits per heavy atom. The highest BCUT2D eigenvalue weighted by molar-refractivity contribution is 8.00. The first kappa shape index (κ1) is 24.2. The van der Waals surface area contributed by atoms with Crippen molar-refractivity contribution in [2.75, 3.05) is 13.1 Å². The van der Waals surface area contributed by atoms with E-state index in [9.17, 15) is 9.18 Å². The molecule has 1 aliphatic heterocycles. The summed E-state index contributed by atoms with van der Waals surface area (Å²) in [6.07, 6.45) is 7.10. The molecule has 2 fully saturated rings. The van der Waals surface area contributed by atoms with Gasteiger partial charge in [-0.1, -0.05) is 44.9 Å². The number of piperidine rings is 1. The van der Waals surface area contributed by atoms with Gasteiger partial charge < -0.3 is 5.32 Å². The molecule has 0 spiro atoms. The van der Waals surface area contributed by atoms with Gasteiger partial charge in [0.25, 0.3) is 0 Å². The minimum Gasteiger partial charge on any atom is -0.352 e. The van der Waals surface area contributed by atoms with E-state index in [1.165, 1.54) is 49.6 Å². The van der Waals surface area contributed by atoms with E-state index in [0.717, 1.165) is 37.4 Å². The normalized spacial score (nSPS) is 25.0. The Hall–Kier alpha value is -1.93. The second kappa shape index (κ2) is 11.0. The summed E-state index contributed by atoms with van der Waals surface area (Å²) in [5.41, 5.74) is 0.818. The molecule has 180 valence electrons. The smallest absolute Gasteiger partial charge is 0.233 e. The molecule has 4 rings (SSSR count). The second-order valence-electron chi connectivity index (χ2n) is 9.69. The van der Waals surface area contributed by atoms with Gasteiger partial charge in [-0.25, -0.2) is 4.39 Å². The van der Waals surface area contributed by atoms with Crippen LogP contribution in [0.4, 0.5) is 4.39 Å². The summed E-state index contributed by atoms with van der Waals surface area (Å²) in [7, 11) is 0. The van der Waals surface area contributed by atoms with E-state index in [2.05, 4.69) is 34.3 Å². The van der Waals surface area contributed by atoms with E-state index in [1.54, 1.807) is 12.1 Å². The molecule has 8 heteroatoms. The Kier molecular flexibility index (Phi) is 8.07. The zero-order valence-corrected chi connectivity index (χ0v) is 20.8. The van der Waals surface area contributed by atoms with Gasteiger partial charge in [-0.05, 0) is 75.4 Å². The number of halogens is 1. The lowest BCUT2D eigenvalue weighted by atomic mass is 9.78. The maximum Gasteiger partial charge on any atom is 0.233 e. The molecular weight excluding hydrogens is 437 g/mol. The molecule has 1 saturated carbocycles. The van der Waals surface area contributed by atoms with Crippen molar-refractivity contribution in [3.05, 3.63) is 35.9 Å². The molecule has 33 heavy (non-hydrogen) atoms. The first-order valence-electron chi connectivity index (χ1n) is 12.3. The van der Waals surface area contributed by atoms with Crippen LogP contribution >= 0.6 is 11.8 Å². The first-order chi connectivity index (χ1) is 15.9. The third-order valence-corrected chi connectivity index (χ3v) is 8.33. The topological polar surface area (TPSA) is 63.1 Å². The molecule has 2 aliphatic rings. The zero-order chi connectivity index (χ0) is 23.4. The number of nitrogens with one attached hydrogen (secondary N) is 1. The predicted octanol–water partition coefficient (Wildman–Crippen LogP) is 4.81. The lowest BCUT2D eigenvalue weighted by molar-refractivity contribution is -0.121. The van der Waals surface area contributed by atoms with Gasteiger partial charge in [0.05, 0.1) is 11.8 Å². The van der Waals surface area contributed by atoms with E-state index in [1.807, 2.05) is 11.5 Å². The molecule has 2 aromatic rings. The number of rotatable bonds is 7. The lowest BCUT2D eigenvalue weighted by Gasteiger charge is -2.35. The summed E-state index contributed by atoms with van der Waals surface area (Å²) in [4.78, 5) is 15.4. The fraction of sp³-hybridized carbons (Fsp3) is 0.640. The molecule has 2 heterocycles. The number of likely N-dealkylation sites (tertiary alicyclic amines) is 1. The van der Waals surface area contributed by atoms with Gasteiger partial charge in [0.15, 0.2) is 11.0 Å². The Morgan fingerprint density at radius 1 is 1.12 bits per heavy atom. The molecular formula is C25H36FN5OS. The van der Waals surface area contributed by atoms with E-state index >= 15 is 0 Å². The van der Waals surface area contributed by atoms with Crippen LogP contribution in [0.5, 0.6) is 0 Å². The number of hydrogen-bond donors (Lipinski definition) is 1. The number of thioether (sulfide) groups is 1. The van der Waals surface area contributed by atoms with Crippen LogP contribution in [0.2, 0.25) is 0 Å². The largest absolute Gasteiger partial charge is 0.352 e. The summed E-state index contributed by atoms with van der Waals surface area (Å²) >= 11 is 1.42. The molecule has 1 aromatic heterocycles. The average molecular weight is 474 g/mol. The highest BCUT2D eigenvalue weighted by Crippen LogP contribution is 2.31. The van der Waals surface area contributed by atoms with Gasteiger partial charge in [-0.15, -0.1) is 10.2 Å². The van der Waals surface area contributed by atoms with Crippen LogP contribution in [-0.4, -0.2) is 50.0 Å². The van der Waals surface area contributed by atoms with E-state index in [-0.39, 0.29) is 23.0 Å². The Labute approximate surface area is 200 Å². The van der Waals surface area contributed by atoms with Gasteiger partial charge in [-0.2, -0.15) is 0 Å². The van der Waals surface area contributed by atoms with Crippen molar-refractivity contribution in [1.29, 1.82) is 0 Å². The average Bonchev–Trinajstić information content (AvgIpc) is 3.19. The maximum atomic E-state index is 13.6. The van der Waals surface area contributed by atoms with Crippen LogP contribution in [0.25, 0.3) is 5.69 Å². The third-order valence-electron chi connectivity index (χ3n) is 7.28. The van der Waals surface area contributed by atoms with Crippen LogP contribution in [-0.2, 0) is 11.3 Å². The molecule has 1 amide bonds. The molecule has 1 N–H and O–H groups in total. The maximum absolute atomic E-state index is 13.6. The van der Waals surface area contributed by atoms with Crippen molar-refractivity contribution in [1.82, 2.24) is 25.0 Å². The second-order valence-corrected chi connectivity index (χ2v) is 11.0. The molecule has 4 atom stereocenters. The molecule has 0 unspecified atom stereocenters. The fourth-order valence-electron chi connectivity index (χ4n) is 4.94. The third kappa shape index (κ3) is 5.96. The lowest BCUT2D eigenvalue weighted by Crippen LogP contribution is -2.46. The summed E-state index contributed by atoms with van der Waals surface area (Å²) in [6, 6.07) is 6.64. The van der Waals surface area contributed by atoms with Gasteiger partial charge in [0, 0.05) is 11.7 Å². The molecule has 1 aliphatic carbocycles. The van der Waals surface area contributed by atoms with Crippen molar-refractivity contribution in [2.45, 2.75) is 82.3 Å². The number of hydrogen-bond acceptors (Lipinski definition) is 5. The number of carbonyl (C=O) groups excluding carboxylic acids is 1. The van der Waals surface area contributed by atoms with Crippen molar-refractivity contribution >= 4 is 17.7 Å². The number of amides is 1. The van der Waals surface area contributed by atoms with Gasteiger partial charge in [-0.3, -0.25) is 14.3 Å². The van der Waals surface area contributed by atoms with Crippen LogP contribution in [0, 0.1) is 17.7 Å². The van der Waals surface area contributed by atoms with Crippen molar-refractivity contribution in [2.24, 2.45) is 11.8 Å². The van der Waals surface area contributed by atoms with Gasteiger partial charge in [0.2, 0.25) is 5.91 Å². The molecule has 0 bridgehead atoms. The van der Waals surface area contributed by atoms with Crippen molar-refractivity contribution in [3.63, 3.8) is 0 Å². The molecule has 0 radical (unpaired) electrons. The van der Waals surface area contributed by atoms with Crippen LogP contribution < -0.4 is 5.32 Å². The summed E-state index contributed by atoms with van der Waals surface area (Å²) in [5.74, 6) is 1.71.